The Balaban J connectivity index is 1.29. The molecule has 1 aliphatic rings. The molecule has 8 nitrogen and oxygen atoms in total. The molecule has 0 N–H and O–H groups in total. The van der Waals surface area contributed by atoms with Crippen molar-refractivity contribution in [1.29, 1.82) is 0 Å². The zero-order valence-electron chi connectivity index (χ0n) is 20.3. The highest BCUT2D eigenvalue weighted by Crippen LogP contribution is 2.27. The molecular weight excluding hydrogens is 440 g/mol. The quantitative estimate of drug-likeness (QED) is 0.377. The van der Waals surface area contributed by atoms with Gasteiger partial charge in [0, 0.05) is 42.8 Å². The van der Waals surface area contributed by atoms with Crippen molar-refractivity contribution in [2.75, 3.05) is 13.1 Å². The topological polar surface area (TPSA) is 77.5 Å². The van der Waals surface area contributed by atoms with Crippen molar-refractivity contribution >= 4 is 23.3 Å². The van der Waals surface area contributed by atoms with Gasteiger partial charge in [-0.1, -0.05) is 30.3 Å². The zero-order chi connectivity index (χ0) is 24.4. The first-order valence-corrected chi connectivity index (χ1v) is 11.9. The Morgan fingerprint density at radius 1 is 1.09 bits per heavy atom. The van der Waals surface area contributed by atoms with Crippen LogP contribution in [-0.2, 0) is 4.74 Å². The number of hydrogen-bond acceptors (Lipinski definition) is 5. The molecule has 1 amide bonds. The van der Waals surface area contributed by atoms with Gasteiger partial charge in [-0.25, -0.2) is 9.47 Å². The van der Waals surface area contributed by atoms with E-state index in [2.05, 4.69) is 27.4 Å². The predicted octanol–water partition coefficient (Wildman–Crippen LogP) is 5.35. The van der Waals surface area contributed by atoms with Crippen LogP contribution >= 0.6 is 0 Å². The third kappa shape index (κ3) is 5.26. The molecular formula is C27H30N6O2. The van der Waals surface area contributed by atoms with E-state index < -0.39 is 5.60 Å². The average molecular weight is 471 g/mol. The van der Waals surface area contributed by atoms with Gasteiger partial charge in [-0.15, -0.1) is 0 Å². The minimum atomic E-state index is -0.479. The molecule has 3 aromatic heterocycles. The van der Waals surface area contributed by atoms with Gasteiger partial charge in [0.25, 0.3) is 0 Å². The number of carbonyl (C=O) groups is 1. The molecule has 0 aliphatic carbocycles. The number of rotatable bonds is 4. The van der Waals surface area contributed by atoms with Crippen LogP contribution in [0.25, 0.3) is 22.2 Å². The molecule has 1 aromatic carbocycles. The van der Waals surface area contributed by atoms with Gasteiger partial charge in [-0.2, -0.15) is 10.2 Å². The third-order valence-corrected chi connectivity index (χ3v) is 6.07. The van der Waals surface area contributed by atoms with Crippen LogP contribution in [0.15, 0.2) is 72.4 Å². The summed E-state index contributed by atoms with van der Waals surface area (Å²) in [7, 11) is 0. The van der Waals surface area contributed by atoms with Crippen LogP contribution in [0.4, 0.5) is 4.79 Å². The van der Waals surface area contributed by atoms with E-state index in [-0.39, 0.29) is 12.1 Å². The summed E-state index contributed by atoms with van der Waals surface area (Å²) in [5.41, 5.74) is 4.39. The lowest BCUT2D eigenvalue weighted by molar-refractivity contribution is 0.0185. The second-order valence-electron chi connectivity index (χ2n) is 9.85. The summed E-state index contributed by atoms with van der Waals surface area (Å²) < 4.78 is 9.36. The fraction of sp³-hybridized carbons (Fsp3) is 0.333. The van der Waals surface area contributed by atoms with E-state index in [1.807, 2.05) is 91.3 Å². The van der Waals surface area contributed by atoms with Crippen LogP contribution in [0.1, 0.15) is 45.2 Å². The first kappa shape index (κ1) is 22.8. The van der Waals surface area contributed by atoms with Crippen LogP contribution in [-0.4, -0.2) is 55.3 Å². The number of pyridine rings is 1. The van der Waals surface area contributed by atoms with Crippen molar-refractivity contribution in [3.63, 3.8) is 0 Å². The Morgan fingerprint density at radius 2 is 1.86 bits per heavy atom. The van der Waals surface area contributed by atoms with Gasteiger partial charge in [0.2, 0.25) is 0 Å². The molecule has 0 bridgehead atoms. The number of nitrogens with zero attached hydrogens (tertiary/aromatic N) is 6. The van der Waals surface area contributed by atoms with Gasteiger partial charge in [0.1, 0.15) is 5.60 Å². The molecule has 4 aromatic rings. The van der Waals surface area contributed by atoms with Crippen molar-refractivity contribution in [1.82, 2.24) is 24.3 Å². The van der Waals surface area contributed by atoms with E-state index in [0.717, 1.165) is 40.6 Å². The summed E-state index contributed by atoms with van der Waals surface area (Å²) in [6, 6.07) is 14.3. The molecule has 1 saturated heterocycles. The van der Waals surface area contributed by atoms with Crippen molar-refractivity contribution in [3.8, 4) is 11.1 Å². The molecule has 0 saturated carbocycles. The Labute approximate surface area is 204 Å². The Bertz CT molecular complexity index is 1340. The number of amides is 1. The van der Waals surface area contributed by atoms with Gasteiger partial charge >= 0.3 is 6.09 Å². The average Bonchev–Trinajstić information content (AvgIpc) is 3.50. The largest absolute Gasteiger partial charge is 0.444 e. The standard InChI is InChI=1S/C27H30N6O2/c1-27(2,3)35-26(34)31-12-9-23(10-13-31)33-19-22(18-30-33)21-15-25-24(28-17-21)11-14-32(25)29-16-20-7-5-4-6-8-20/h4-8,11,14-19,23H,9-10,12-13H2,1-3H3. The lowest BCUT2D eigenvalue weighted by Gasteiger charge is -2.33. The fourth-order valence-corrected chi connectivity index (χ4v) is 4.25. The number of fused-ring (bicyclic) bond motifs is 1. The molecule has 5 rings (SSSR count). The lowest BCUT2D eigenvalue weighted by atomic mass is 10.1. The van der Waals surface area contributed by atoms with Crippen molar-refractivity contribution < 1.29 is 9.53 Å². The third-order valence-electron chi connectivity index (χ3n) is 6.07. The number of aromatic nitrogens is 4. The van der Waals surface area contributed by atoms with Crippen LogP contribution in [0, 0.1) is 0 Å². The summed E-state index contributed by atoms with van der Waals surface area (Å²) in [6.07, 6.45) is 11.0. The van der Waals surface area contributed by atoms with Gasteiger partial charge < -0.3 is 9.64 Å². The van der Waals surface area contributed by atoms with E-state index >= 15 is 0 Å². The SMILES string of the molecule is CC(C)(C)OC(=O)N1CCC(n2cc(-c3cnc4ccn(N=Cc5ccccc5)c4c3)cn2)CC1. The number of piperidine rings is 1. The van der Waals surface area contributed by atoms with E-state index in [9.17, 15) is 4.79 Å². The maximum Gasteiger partial charge on any atom is 0.410 e. The van der Waals surface area contributed by atoms with E-state index in [0.29, 0.717) is 13.1 Å². The molecule has 0 spiro atoms. The van der Waals surface area contributed by atoms with E-state index in [1.54, 1.807) is 4.90 Å². The van der Waals surface area contributed by atoms with Crippen LogP contribution < -0.4 is 0 Å². The van der Waals surface area contributed by atoms with E-state index in [1.165, 1.54) is 0 Å². The highest BCUT2D eigenvalue weighted by Gasteiger charge is 2.28. The first-order chi connectivity index (χ1) is 16.9. The summed E-state index contributed by atoms with van der Waals surface area (Å²) >= 11 is 0. The zero-order valence-corrected chi connectivity index (χ0v) is 20.3. The van der Waals surface area contributed by atoms with Gasteiger partial charge in [0.05, 0.1) is 29.5 Å². The maximum absolute atomic E-state index is 12.3. The van der Waals surface area contributed by atoms with Crippen LogP contribution in [0.3, 0.4) is 0 Å². The van der Waals surface area contributed by atoms with Crippen LogP contribution in [0.5, 0.6) is 0 Å². The molecule has 0 unspecified atom stereocenters. The molecule has 1 aliphatic heterocycles. The minimum Gasteiger partial charge on any atom is -0.444 e. The maximum atomic E-state index is 12.3. The van der Waals surface area contributed by atoms with Gasteiger partial charge in [0.15, 0.2) is 0 Å². The molecule has 0 radical (unpaired) electrons. The first-order valence-electron chi connectivity index (χ1n) is 11.9. The molecule has 1 fully saturated rings. The highest BCUT2D eigenvalue weighted by atomic mass is 16.6. The van der Waals surface area contributed by atoms with Crippen LogP contribution in [0.2, 0.25) is 0 Å². The summed E-state index contributed by atoms with van der Waals surface area (Å²) in [5.74, 6) is 0. The molecule has 8 heteroatoms. The summed E-state index contributed by atoms with van der Waals surface area (Å²) in [5, 5.41) is 9.24. The monoisotopic (exact) mass is 470 g/mol. The molecule has 4 heterocycles. The summed E-state index contributed by atoms with van der Waals surface area (Å²) in [6.45, 7) is 7.00. The molecule has 180 valence electrons. The van der Waals surface area contributed by atoms with Crippen molar-refractivity contribution in [2.24, 2.45) is 5.10 Å². The fourth-order valence-electron chi connectivity index (χ4n) is 4.25. The normalized spacial score (nSPS) is 15.2. The molecule has 35 heavy (non-hydrogen) atoms. The second kappa shape index (κ2) is 9.37. The number of hydrogen-bond donors (Lipinski definition) is 0. The number of ether oxygens (including phenoxy) is 1. The van der Waals surface area contributed by atoms with Crippen molar-refractivity contribution in [3.05, 3.63) is 72.8 Å². The minimum absolute atomic E-state index is 0.241. The van der Waals surface area contributed by atoms with Gasteiger partial charge in [-0.05, 0) is 51.3 Å². The Kier molecular flexibility index (Phi) is 6.11. The Morgan fingerprint density at radius 3 is 2.60 bits per heavy atom. The van der Waals surface area contributed by atoms with Crippen molar-refractivity contribution in [2.45, 2.75) is 45.3 Å². The van der Waals surface area contributed by atoms with Gasteiger partial charge in [-0.3, -0.25) is 9.67 Å². The van der Waals surface area contributed by atoms with E-state index in [4.69, 9.17) is 4.74 Å². The second-order valence-corrected chi connectivity index (χ2v) is 9.85. The molecule has 0 atom stereocenters. The Hall–Kier alpha value is -3.94. The predicted molar refractivity (Wildman–Crippen MR) is 136 cm³/mol. The highest BCUT2D eigenvalue weighted by molar-refractivity contribution is 5.83. The lowest BCUT2D eigenvalue weighted by Crippen LogP contribution is -2.42. The smallest absolute Gasteiger partial charge is 0.410 e. The number of benzene rings is 1. The number of carbonyl (C=O) groups excluding carboxylic acids is 1. The summed E-state index contributed by atoms with van der Waals surface area (Å²) in [4.78, 5) is 18.8. The number of likely N-dealkylation sites (tertiary alicyclic amines) is 1.